The summed E-state index contributed by atoms with van der Waals surface area (Å²) < 4.78 is 12.6. The molecule has 156 valence electrons. The molecule has 1 heterocycles. The Hall–Kier alpha value is -1.69. The predicted molar refractivity (Wildman–Crippen MR) is 126 cm³/mol. The Kier molecular flexibility index (Phi) is 11.0. The number of guanidine groups is 1. The maximum atomic E-state index is 5.37. The van der Waals surface area contributed by atoms with Crippen LogP contribution in [0, 0.1) is 6.92 Å². The van der Waals surface area contributed by atoms with Gasteiger partial charge in [0.05, 0.1) is 14.2 Å². The molecule has 0 saturated carbocycles. The van der Waals surface area contributed by atoms with Gasteiger partial charge in [0.15, 0.2) is 23.3 Å². The van der Waals surface area contributed by atoms with Crippen molar-refractivity contribution in [3.8, 4) is 11.5 Å². The van der Waals surface area contributed by atoms with Gasteiger partial charge in [-0.2, -0.15) is 11.8 Å². The summed E-state index contributed by atoms with van der Waals surface area (Å²) in [6.07, 6.45) is 3.16. The largest absolute Gasteiger partial charge is 0.493 e. The highest BCUT2D eigenvalue weighted by Gasteiger charge is 2.08. The number of benzene rings is 1. The standard InChI is InChI=1S/C18H28N6O2S.HI/c1-13-22-23-17(24(13)2)12-20-18(19-9-6-10-27-5)21-14-7-8-15(25-3)16(11-14)26-4;/h7-8,11H,6,9-10,12H2,1-5H3,(H2,19,20,21);1H. The molecular formula is C18H29IN6O2S. The lowest BCUT2D eigenvalue weighted by Gasteiger charge is -2.14. The van der Waals surface area contributed by atoms with Gasteiger partial charge in [-0.25, -0.2) is 4.99 Å². The van der Waals surface area contributed by atoms with E-state index >= 15 is 0 Å². The highest BCUT2D eigenvalue weighted by Crippen LogP contribution is 2.29. The molecule has 10 heteroatoms. The third kappa shape index (κ3) is 7.04. The maximum absolute atomic E-state index is 5.37. The van der Waals surface area contributed by atoms with Crippen LogP contribution >= 0.6 is 35.7 Å². The van der Waals surface area contributed by atoms with Crippen LogP contribution in [0.3, 0.4) is 0 Å². The van der Waals surface area contributed by atoms with Gasteiger partial charge < -0.3 is 24.7 Å². The highest BCUT2D eigenvalue weighted by molar-refractivity contribution is 14.0. The van der Waals surface area contributed by atoms with E-state index in [4.69, 9.17) is 9.47 Å². The van der Waals surface area contributed by atoms with Crippen molar-refractivity contribution in [2.45, 2.75) is 19.9 Å². The summed E-state index contributed by atoms with van der Waals surface area (Å²) in [4.78, 5) is 4.65. The summed E-state index contributed by atoms with van der Waals surface area (Å²) in [5.41, 5.74) is 0.859. The number of methoxy groups -OCH3 is 2. The van der Waals surface area contributed by atoms with Gasteiger partial charge in [0.1, 0.15) is 12.4 Å². The number of ether oxygens (including phenoxy) is 2. The summed E-state index contributed by atoms with van der Waals surface area (Å²) in [5.74, 6) is 4.80. The van der Waals surface area contributed by atoms with Crippen molar-refractivity contribution in [1.82, 2.24) is 20.1 Å². The second kappa shape index (κ2) is 12.7. The Bertz CT molecular complexity index is 769. The molecule has 28 heavy (non-hydrogen) atoms. The molecule has 0 aliphatic carbocycles. The summed E-state index contributed by atoms with van der Waals surface area (Å²) in [6, 6.07) is 5.66. The zero-order valence-corrected chi connectivity index (χ0v) is 20.1. The van der Waals surface area contributed by atoms with Crippen LogP contribution in [0.15, 0.2) is 23.2 Å². The van der Waals surface area contributed by atoms with Gasteiger partial charge in [0.25, 0.3) is 0 Å². The van der Waals surface area contributed by atoms with Crippen molar-refractivity contribution in [3.05, 3.63) is 29.8 Å². The average molecular weight is 520 g/mol. The third-order valence-corrected chi connectivity index (χ3v) is 4.72. The third-order valence-electron chi connectivity index (χ3n) is 4.03. The van der Waals surface area contributed by atoms with E-state index in [0.717, 1.165) is 36.1 Å². The Morgan fingerprint density at radius 2 is 1.96 bits per heavy atom. The molecule has 0 unspecified atom stereocenters. The number of hydrogen-bond acceptors (Lipinski definition) is 6. The van der Waals surface area contributed by atoms with Gasteiger partial charge in [-0.05, 0) is 37.5 Å². The second-order valence-electron chi connectivity index (χ2n) is 5.86. The Morgan fingerprint density at radius 3 is 2.57 bits per heavy atom. The number of anilines is 1. The van der Waals surface area contributed by atoms with Gasteiger partial charge in [-0.15, -0.1) is 34.2 Å². The normalized spacial score (nSPS) is 11.0. The molecule has 1 aromatic carbocycles. The number of rotatable bonds is 9. The lowest BCUT2D eigenvalue weighted by Crippen LogP contribution is -2.32. The Labute approximate surface area is 187 Å². The Balaban J connectivity index is 0.00000392. The van der Waals surface area contributed by atoms with E-state index in [1.54, 1.807) is 14.2 Å². The van der Waals surface area contributed by atoms with E-state index in [-0.39, 0.29) is 24.0 Å². The van der Waals surface area contributed by atoms with E-state index in [9.17, 15) is 0 Å². The quantitative estimate of drug-likeness (QED) is 0.228. The number of nitrogens with zero attached hydrogens (tertiary/aromatic N) is 4. The minimum atomic E-state index is 0. The molecule has 0 atom stereocenters. The van der Waals surface area contributed by atoms with E-state index in [0.29, 0.717) is 24.0 Å². The first kappa shape index (κ1) is 24.3. The summed E-state index contributed by atoms with van der Waals surface area (Å²) in [7, 11) is 5.18. The van der Waals surface area contributed by atoms with E-state index < -0.39 is 0 Å². The zero-order valence-electron chi connectivity index (χ0n) is 17.0. The fraction of sp³-hybridized carbons (Fsp3) is 0.500. The SMILES string of the molecule is COc1ccc(NC(=NCc2nnc(C)n2C)NCCCSC)cc1OC.I. The molecule has 0 aliphatic heterocycles. The topological polar surface area (TPSA) is 85.6 Å². The van der Waals surface area contributed by atoms with Crippen LogP contribution in [-0.4, -0.2) is 53.5 Å². The number of aliphatic imine (C=N–C) groups is 1. The number of nitrogens with one attached hydrogen (secondary N) is 2. The average Bonchev–Trinajstić information content (AvgIpc) is 3.01. The molecule has 1 aromatic heterocycles. The van der Waals surface area contributed by atoms with Crippen molar-refractivity contribution in [2.24, 2.45) is 12.0 Å². The number of aryl methyl sites for hydroxylation is 1. The molecular weight excluding hydrogens is 491 g/mol. The molecule has 0 amide bonds. The van der Waals surface area contributed by atoms with Crippen molar-refractivity contribution < 1.29 is 9.47 Å². The van der Waals surface area contributed by atoms with Crippen LogP contribution in [0.1, 0.15) is 18.1 Å². The van der Waals surface area contributed by atoms with Crippen LogP contribution in [0.5, 0.6) is 11.5 Å². The fourth-order valence-electron chi connectivity index (χ4n) is 2.35. The molecule has 0 aliphatic rings. The van der Waals surface area contributed by atoms with Crippen LogP contribution in [0.2, 0.25) is 0 Å². The van der Waals surface area contributed by atoms with Crippen molar-refractivity contribution in [2.75, 3.05) is 38.1 Å². The van der Waals surface area contributed by atoms with Crippen LogP contribution in [-0.2, 0) is 13.6 Å². The van der Waals surface area contributed by atoms with Crippen LogP contribution < -0.4 is 20.1 Å². The van der Waals surface area contributed by atoms with Crippen LogP contribution in [0.4, 0.5) is 5.69 Å². The predicted octanol–water partition coefficient (Wildman–Crippen LogP) is 3.07. The molecule has 2 rings (SSSR count). The summed E-state index contributed by atoms with van der Waals surface area (Å²) in [6.45, 7) is 3.18. The van der Waals surface area contributed by atoms with E-state index in [2.05, 4.69) is 32.1 Å². The molecule has 8 nitrogen and oxygen atoms in total. The van der Waals surface area contributed by atoms with E-state index in [1.807, 2.05) is 48.5 Å². The van der Waals surface area contributed by atoms with E-state index in [1.165, 1.54) is 0 Å². The maximum Gasteiger partial charge on any atom is 0.196 e. The summed E-state index contributed by atoms with van der Waals surface area (Å²) >= 11 is 1.83. The molecule has 2 N–H and O–H groups in total. The van der Waals surface area contributed by atoms with Crippen molar-refractivity contribution in [3.63, 3.8) is 0 Å². The number of aromatic nitrogens is 3. The molecule has 2 aromatic rings. The molecule has 0 spiro atoms. The lowest BCUT2D eigenvalue weighted by atomic mass is 10.2. The number of halogens is 1. The molecule has 0 bridgehead atoms. The van der Waals surface area contributed by atoms with Gasteiger partial charge in [0, 0.05) is 25.3 Å². The first-order valence-corrected chi connectivity index (χ1v) is 10.1. The van der Waals surface area contributed by atoms with Crippen molar-refractivity contribution >= 4 is 47.4 Å². The highest BCUT2D eigenvalue weighted by atomic mass is 127. The number of thioether (sulfide) groups is 1. The molecule has 0 saturated heterocycles. The fourth-order valence-corrected chi connectivity index (χ4v) is 2.79. The minimum absolute atomic E-state index is 0. The minimum Gasteiger partial charge on any atom is -0.493 e. The second-order valence-corrected chi connectivity index (χ2v) is 6.84. The van der Waals surface area contributed by atoms with Gasteiger partial charge in [-0.3, -0.25) is 0 Å². The smallest absolute Gasteiger partial charge is 0.196 e. The van der Waals surface area contributed by atoms with Crippen LogP contribution in [0.25, 0.3) is 0 Å². The van der Waals surface area contributed by atoms with Gasteiger partial charge >= 0.3 is 0 Å². The molecule has 0 fully saturated rings. The Morgan fingerprint density at radius 1 is 1.21 bits per heavy atom. The van der Waals surface area contributed by atoms with Gasteiger partial charge in [0.2, 0.25) is 0 Å². The van der Waals surface area contributed by atoms with Gasteiger partial charge in [-0.1, -0.05) is 0 Å². The number of hydrogen-bond donors (Lipinski definition) is 2. The molecule has 0 radical (unpaired) electrons. The monoisotopic (exact) mass is 520 g/mol. The lowest BCUT2D eigenvalue weighted by molar-refractivity contribution is 0.355. The first-order valence-electron chi connectivity index (χ1n) is 8.70. The zero-order chi connectivity index (χ0) is 19.6. The van der Waals surface area contributed by atoms with Crippen molar-refractivity contribution in [1.29, 1.82) is 0 Å². The summed E-state index contributed by atoms with van der Waals surface area (Å²) in [5, 5.41) is 14.9. The first-order chi connectivity index (χ1) is 13.1.